The molecule has 0 amide bonds. The maximum absolute atomic E-state index is 5.47. The number of benzene rings is 1. The highest BCUT2D eigenvalue weighted by molar-refractivity contribution is 5.51. The summed E-state index contributed by atoms with van der Waals surface area (Å²) in [5, 5.41) is 3.21. The van der Waals surface area contributed by atoms with Gasteiger partial charge in [-0.25, -0.2) is 0 Å². The van der Waals surface area contributed by atoms with Crippen LogP contribution in [0.5, 0.6) is 0 Å². The van der Waals surface area contributed by atoms with E-state index < -0.39 is 0 Å². The van der Waals surface area contributed by atoms with Crippen LogP contribution in [0.25, 0.3) is 0 Å². The summed E-state index contributed by atoms with van der Waals surface area (Å²) < 4.78 is 5.47. The number of nitrogens with one attached hydrogen (secondary N) is 1. The Bertz CT molecular complexity index is 405. The molecule has 0 unspecified atom stereocenters. The van der Waals surface area contributed by atoms with Crippen molar-refractivity contribution in [2.24, 2.45) is 5.41 Å². The third kappa shape index (κ3) is 2.25. The Balaban J connectivity index is 1.65. The van der Waals surface area contributed by atoms with Crippen LogP contribution < -0.4 is 10.2 Å². The molecular formula is C15H22N2O. The summed E-state index contributed by atoms with van der Waals surface area (Å²) in [4.78, 5) is 2.50. The Hall–Kier alpha value is -1.06. The molecule has 0 aromatic heterocycles. The van der Waals surface area contributed by atoms with E-state index >= 15 is 0 Å². The van der Waals surface area contributed by atoms with Crippen LogP contribution in [0.3, 0.4) is 0 Å². The number of anilines is 1. The van der Waals surface area contributed by atoms with Crippen molar-refractivity contribution in [2.75, 3.05) is 38.3 Å². The molecule has 2 saturated heterocycles. The highest BCUT2D eigenvalue weighted by Crippen LogP contribution is 2.42. The molecule has 2 heterocycles. The fourth-order valence-corrected chi connectivity index (χ4v) is 3.13. The fourth-order valence-electron chi connectivity index (χ4n) is 3.13. The lowest BCUT2D eigenvalue weighted by molar-refractivity contribution is -0.000195. The van der Waals surface area contributed by atoms with E-state index in [2.05, 4.69) is 34.5 Å². The van der Waals surface area contributed by atoms with Crippen molar-refractivity contribution >= 4 is 5.69 Å². The van der Waals surface area contributed by atoms with Crippen molar-refractivity contribution in [3.63, 3.8) is 0 Å². The van der Waals surface area contributed by atoms with Crippen LogP contribution in [0.15, 0.2) is 24.3 Å². The molecule has 3 rings (SSSR count). The van der Waals surface area contributed by atoms with Gasteiger partial charge in [-0.05, 0) is 37.6 Å². The highest BCUT2D eigenvalue weighted by atomic mass is 16.5. The van der Waals surface area contributed by atoms with E-state index in [-0.39, 0.29) is 0 Å². The van der Waals surface area contributed by atoms with Gasteiger partial charge >= 0.3 is 0 Å². The van der Waals surface area contributed by atoms with Gasteiger partial charge in [0.05, 0.1) is 0 Å². The van der Waals surface area contributed by atoms with Crippen molar-refractivity contribution in [1.29, 1.82) is 0 Å². The van der Waals surface area contributed by atoms with Crippen molar-refractivity contribution in [3.05, 3.63) is 29.8 Å². The molecule has 18 heavy (non-hydrogen) atoms. The molecule has 98 valence electrons. The number of hydrogen-bond acceptors (Lipinski definition) is 3. The third-order valence-corrected chi connectivity index (χ3v) is 4.26. The molecule has 1 N–H and O–H groups in total. The van der Waals surface area contributed by atoms with Gasteiger partial charge in [-0.1, -0.05) is 12.1 Å². The SMILES string of the molecule is CNCc1cccc(N2CC3(CCOCC3)C2)c1. The fraction of sp³-hybridized carbons (Fsp3) is 0.600. The van der Waals surface area contributed by atoms with Gasteiger partial charge in [0, 0.05) is 44.0 Å². The Morgan fingerprint density at radius 1 is 1.28 bits per heavy atom. The third-order valence-electron chi connectivity index (χ3n) is 4.26. The summed E-state index contributed by atoms with van der Waals surface area (Å²) in [5.41, 5.74) is 3.29. The first-order chi connectivity index (χ1) is 8.81. The summed E-state index contributed by atoms with van der Waals surface area (Å²) >= 11 is 0. The zero-order valence-electron chi connectivity index (χ0n) is 11.1. The highest BCUT2D eigenvalue weighted by Gasteiger charge is 2.43. The molecule has 2 aliphatic rings. The summed E-state index contributed by atoms with van der Waals surface area (Å²) in [6.07, 6.45) is 2.47. The van der Waals surface area contributed by atoms with Gasteiger partial charge in [-0.15, -0.1) is 0 Å². The first-order valence-electron chi connectivity index (χ1n) is 6.88. The minimum absolute atomic E-state index is 0.553. The van der Waals surface area contributed by atoms with E-state index in [9.17, 15) is 0 Å². The Kier molecular flexibility index (Phi) is 3.27. The summed E-state index contributed by atoms with van der Waals surface area (Å²) in [7, 11) is 1.99. The van der Waals surface area contributed by atoms with E-state index in [1.165, 1.54) is 37.2 Å². The van der Waals surface area contributed by atoms with Crippen LogP contribution in [0, 0.1) is 5.41 Å². The van der Waals surface area contributed by atoms with Crippen LogP contribution >= 0.6 is 0 Å². The Morgan fingerprint density at radius 2 is 2.06 bits per heavy atom. The molecular weight excluding hydrogens is 224 g/mol. The smallest absolute Gasteiger partial charge is 0.0472 e. The van der Waals surface area contributed by atoms with Gasteiger partial charge in [-0.2, -0.15) is 0 Å². The lowest BCUT2D eigenvalue weighted by atomic mass is 9.73. The average Bonchev–Trinajstić information content (AvgIpc) is 2.38. The molecule has 1 aromatic carbocycles. The van der Waals surface area contributed by atoms with Gasteiger partial charge in [-0.3, -0.25) is 0 Å². The molecule has 0 atom stereocenters. The Labute approximate surface area is 109 Å². The molecule has 0 radical (unpaired) electrons. The maximum atomic E-state index is 5.47. The first-order valence-corrected chi connectivity index (χ1v) is 6.88. The van der Waals surface area contributed by atoms with Gasteiger partial charge in [0.15, 0.2) is 0 Å². The normalized spacial score (nSPS) is 21.9. The minimum atomic E-state index is 0.553. The minimum Gasteiger partial charge on any atom is -0.381 e. The van der Waals surface area contributed by atoms with Crippen LogP contribution in [0.2, 0.25) is 0 Å². The predicted octanol–water partition coefficient (Wildman–Crippen LogP) is 2.02. The molecule has 3 heteroatoms. The van der Waals surface area contributed by atoms with Crippen LogP contribution in [0.4, 0.5) is 5.69 Å². The van der Waals surface area contributed by atoms with E-state index in [4.69, 9.17) is 4.74 Å². The zero-order chi connectivity index (χ0) is 12.4. The van der Waals surface area contributed by atoms with E-state index in [1.54, 1.807) is 0 Å². The predicted molar refractivity (Wildman–Crippen MR) is 73.9 cm³/mol. The van der Waals surface area contributed by atoms with Gasteiger partial charge in [0.1, 0.15) is 0 Å². The van der Waals surface area contributed by atoms with Crippen molar-refractivity contribution < 1.29 is 4.74 Å². The largest absolute Gasteiger partial charge is 0.381 e. The standard InChI is InChI=1S/C15H22N2O/c1-16-10-13-3-2-4-14(9-13)17-11-15(12-17)5-7-18-8-6-15/h2-4,9,16H,5-8,10-12H2,1H3. The quantitative estimate of drug-likeness (QED) is 0.883. The molecule has 1 spiro atoms. The molecule has 0 bridgehead atoms. The molecule has 0 aliphatic carbocycles. The van der Waals surface area contributed by atoms with E-state index in [0.29, 0.717) is 5.41 Å². The first kappa shape index (κ1) is 12.0. The number of ether oxygens (including phenoxy) is 1. The van der Waals surface area contributed by atoms with Crippen LogP contribution in [-0.2, 0) is 11.3 Å². The lowest BCUT2D eigenvalue weighted by Crippen LogP contribution is -2.58. The van der Waals surface area contributed by atoms with Crippen LogP contribution in [-0.4, -0.2) is 33.4 Å². The Morgan fingerprint density at radius 3 is 2.78 bits per heavy atom. The van der Waals surface area contributed by atoms with Gasteiger partial charge < -0.3 is 15.0 Å². The lowest BCUT2D eigenvalue weighted by Gasteiger charge is -2.53. The average molecular weight is 246 g/mol. The van der Waals surface area contributed by atoms with Crippen molar-refractivity contribution in [1.82, 2.24) is 5.32 Å². The number of hydrogen-bond donors (Lipinski definition) is 1. The second-order valence-electron chi connectivity index (χ2n) is 5.67. The van der Waals surface area contributed by atoms with E-state index in [1.807, 2.05) is 7.05 Å². The molecule has 3 nitrogen and oxygen atoms in total. The second kappa shape index (κ2) is 4.90. The summed E-state index contributed by atoms with van der Waals surface area (Å²) in [5.74, 6) is 0. The number of rotatable bonds is 3. The van der Waals surface area contributed by atoms with Crippen molar-refractivity contribution in [3.8, 4) is 0 Å². The molecule has 0 saturated carbocycles. The topological polar surface area (TPSA) is 24.5 Å². The zero-order valence-corrected chi connectivity index (χ0v) is 11.1. The van der Waals surface area contributed by atoms with Crippen LogP contribution in [0.1, 0.15) is 18.4 Å². The summed E-state index contributed by atoms with van der Waals surface area (Å²) in [6.45, 7) is 5.26. The number of nitrogens with zero attached hydrogens (tertiary/aromatic N) is 1. The van der Waals surface area contributed by atoms with Gasteiger partial charge in [0.25, 0.3) is 0 Å². The second-order valence-corrected chi connectivity index (χ2v) is 5.67. The monoisotopic (exact) mass is 246 g/mol. The van der Waals surface area contributed by atoms with Crippen molar-refractivity contribution in [2.45, 2.75) is 19.4 Å². The van der Waals surface area contributed by atoms with Gasteiger partial charge in [0.2, 0.25) is 0 Å². The maximum Gasteiger partial charge on any atom is 0.0472 e. The molecule has 1 aromatic rings. The molecule has 2 aliphatic heterocycles. The molecule has 2 fully saturated rings. The van der Waals surface area contributed by atoms with E-state index in [0.717, 1.165) is 19.8 Å². The summed E-state index contributed by atoms with van der Waals surface area (Å²) in [6, 6.07) is 8.88.